The molecule has 1 aromatic carbocycles. The van der Waals surface area contributed by atoms with E-state index >= 15 is 0 Å². The largest absolute Gasteiger partial charge is 0.489 e. The van der Waals surface area contributed by atoms with Gasteiger partial charge in [-0.2, -0.15) is 0 Å². The van der Waals surface area contributed by atoms with E-state index in [1.807, 2.05) is 39.8 Å². The second kappa shape index (κ2) is 9.54. The Morgan fingerprint density at radius 1 is 1.32 bits per heavy atom. The summed E-state index contributed by atoms with van der Waals surface area (Å²) in [6.07, 6.45) is 0.383. The minimum Gasteiger partial charge on any atom is -0.489 e. The molecular weight excluding hydrogens is 378 g/mol. The van der Waals surface area contributed by atoms with Gasteiger partial charge in [0.15, 0.2) is 0 Å². The quantitative estimate of drug-likeness (QED) is 0.505. The van der Waals surface area contributed by atoms with Crippen LogP contribution in [0.5, 0.6) is 5.75 Å². The molecule has 0 aromatic heterocycles. The lowest BCUT2D eigenvalue weighted by molar-refractivity contribution is 0.0277. The number of methoxy groups -OCH3 is 1. The maximum atomic E-state index is 12.3. The molecule has 1 aliphatic rings. The summed E-state index contributed by atoms with van der Waals surface area (Å²) in [5.41, 5.74) is -0.0961. The monoisotopic (exact) mass is 409 g/mol. The molecule has 1 aromatic rings. The number of likely N-dealkylation sites (tertiary alicyclic amines) is 1. The number of hydrogen-bond acceptors (Lipinski definition) is 6. The van der Waals surface area contributed by atoms with Gasteiger partial charge in [0.2, 0.25) is 0 Å². The molecule has 0 unspecified atom stereocenters. The number of nitrogens with zero attached hydrogens (tertiary/aromatic N) is 1. The lowest BCUT2D eigenvalue weighted by Gasteiger charge is -2.25. The van der Waals surface area contributed by atoms with Crippen LogP contribution < -0.4 is 4.74 Å². The first-order valence-electron chi connectivity index (χ1n) is 9.64. The van der Waals surface area contributed by atoms with Crippen molar-refractivity contribution in [3.63, 3.8) is 0 Å². The lowest BCUT2D eigenvalue weighted by atomic mass is 10.0. The fourth-order valence-corrected chi connectivity index (χ4v) is 3.78. The first kappa shape index (κ1) is 22.4. The lowest BCUT2D eigenvalue weighted by Crippen LogP contribution is -2.36. The summed E-state index contributed by atoms with van der Waals surface area (Å²) in [4.78, 5) is 27.2. The zero-order chi connectivity index (χ0) is 20.9. The highest BCUT2D eigenvalue weighted by Gasteiger charge is 2.33. The van der Waals surface area contributed by atoms with Gasteiger partial charge in [0.05, 0.1) is 7.11 Å². The number of thioether (sulfide) groups is 1. The second-order valence-corrected chi connectivity index (χ2v) is 9.22. The molecule has 0 spiro atoms. The van der Waals surface area contributed by atoms with Crippen molar-refractivity contribution in [3.8, 4) is 5.75 Å². The van der Waals surface area contributed by atoms with Crippen LogP contribution >= 0.6 is 11.8 Å². The molecule has 2 atom stereocenters. The number of amides is 1. The van der Waals surface area contributed by atoms with Crippen LogP contribution in [0.2, 0.25) is 0 Å². The Kier molecular flexibility index (Phi) is 7.63. The molecule has 1 heterocycles. The third-order valence-electron chi connectivity index (χ3n) is 4.52. The van der Waals surface area contributed by atoms with Gasteiger partial charge in [-0.3, -0.25) is 0 Å². The normalized spacial score (nSPS) is 17.9. The average Bonchev–Trinajstić information content (AvgIpc) is 3.11. The molecule has 0 radical (unpaired) electrons. The summed E-state index contributed by atoms with van der Waals surface area (Å²) in [7, 11) is 1.36. The van der Waals surface area contributed by atoms with E-state index in [-0.39, 0.29) is 18.1 Å². The maximum Gasteiger partial charge on any atom is 0.410 e. The topological polar surface area (TPSA) is 65.1 Å². The van der Waals surface area contributed by atoms with Gasteiger partial charge in [0.25, 0.3) is 0 Å². The molecule has 0 aliphatic carbocycles. The number of hydrogen-bond donors (Lipinski definition) is 0. The van der Waals surface area contributed by atoms with E-state index in [1.54, 1.807) is 22.7 Å². The van der Waals surface area contributed by atoms with Crippen molar-refractivity contribution in [3.05, 3.63) is 23.8 Å². The van der Waals surface area contributed by atoms with E-state index in [2.05, 4.69) is 6.92 Å². The second-order valence-electron chi connectivity index (χ2n) is 7.88. The number of benzene rings is 1. The Morgan fingerprint density at radius 3 is 2.64 bits per heavy atom. The van der Waals surface area contributed by atoms with Gasteiger partial charge in [-0.1, -0.05) is 6.92 Å². The van der Waals surface area contributed by atoms with Crippen molar-refractivity contribution in [2.45, 2.75) is 57.6 Å². The van der Waals surface area contributed by atoms with Crippen LogP contribution in [0, 0.1) is 5.92 Å². The van der Waals surface area contributed by atoms with Gasteiger partial charge >= 0.3 is 12.1 Å². The number of carbonyl (C=O) groups is 2. The van der Waals surface area contributed by atoms with Crippen molar-refractivity contribution in [2.75, 3.05) is 26.0 Å². The van der Waals surface area contributed by atoms with E-state index in [0.717, 1.165) is 17.1 Å². The molecule has 7 heteroatoms. The minimum absolute atomic E-state index is 0.155. The third-order valence-corrected chi connectivity index (χ3v) is 5.40. The van der Waals surface area contributed by atoms with E-state index in [0.29, 0.717) is 24.4 Å². The summed E-state index contributed by atoms with van der Waals surface area (Å²) in [5.74, 6) is 1.20. The maximum absolute atomic E-state index is 12.3. The summed E-state index contributed by atoms with van der Waals surface area (Å²) in [5, 5.41) is 0. The summed E-state index contributed by atoms with van der Waals surface area (Å²) < 4.78 is 16.5. The van der Waals surface area contributed by atoms with Gasteiger partial charge in [-0.05, 0) is 58.1 Å². The van der Waals surface area contributed by atoms with Gasteiger partial charge in [0, 0.05) is 23.9 Å². The minimum atomic E-state index is -0.510. The van der Waals surface area contributed by atoms with E-state index in [1.165, 1.54) is 7.11 Å². The molecule has 0 saturated carbocycles. The molecule has 6 nitrogen and oxygen atoms in total. The smallest absolute Gasteiger partial charge is 0.410 e. The predicted molar refractivity (Wildman–Crippen MR) is 110 cm³/mol. The Hall–Kier alpha value is -1.89. The van der Waals surface area contributed by atoms with Crippen molar-refractivity contribution in [2.24, 2.45) is 5.92 Å². The molecular formula is C21H31NO5S. The predicted octanol–water partition coefficient (Wildman–Crippen LogP) is 4.61. The van der Waals surface area contributed by atoms with Gasteiger partial charge in [0.1, 0.15) is 23.0 Å². The Labute approximate surface area is 171 Å². The van der Waals surface area contributed by atoms with Gasteiger partial charge in [-0.15, -0.1) is 11.8 Å². The van der Waals surface area contributed by atoms with Crippen molar-refractivity contribution in [1.29, 1.82) is 0 Å². The molecule has 28 heavy (non-hydrogen) atoms. The van der Waals surface area contributed by atoms with Crippen LogP contribution in [-0.4, -0.2) is 54.6 Å². The van der Waals surface area contributed by atoms with Gasteiger partial charge < -0.3 is 19.1 Å². The molecule has 0 bridgehead atoms. The number of ether oxygens (including phenoxy) is 3. The van der Waals surface area contributed by atoms with E-state index in [4.69, 9.17) is 14.2 Å². The first-order chi connectivity index (χ1) is 13.1. The number of rotatable bonds is 6. The van der Waals surface area contributed by atoms with Crippen LogP contribution in [0.3, 0.4) is 0 Å². The molecule has 2 rings (SSSR count). The van der Waals surface area contributed by atoms with Crippen LogP contribution in [0.1, 0.15) is 51.4 Å². The highest BCUT2D eigenvalue weighted by atomic mass is 32.2. The van der Waals surface area contributed by atoms with E-state index in [9.17, 15) is 9.59 Å². The zero-order valence-electron chi connectivity index (χ0n) is 17.6. The molecule has 0 N–H and O–H groups in total. The Bertz CT molecular complexity index is 701. The average molecular weight is 410 g/mol. The van der Waals surface area contributed by atoms with Crippen molar-refractivity contribution < 1.29 is 23.8 Å². The summed E-state index contributed by atoms with van der Waals surface area (Å²) in [6, 6.07) is 5.53. The summed E-state index contributed by atoms with van der Waals surface area (Å²) >= 11 is 1.68. The number of carbonyl (C=O) groups excluding carboxylic acids is 2. The fraction of sp³-hybridized carbons (Fsp3) is 0.619. The highest BCUT2D eigenvalue weighted by molar-refractivity contribution is 7.99. The van der Waals surface area contributed by atoms with Crippen LogP contribution in [0.15, 0.2) is 23.1 Å². The number of esters is 1. The highest BCUT2D eigenvalue weighted by Crippen LogP contribution is 2.31. The molecule has 1 amide bonds. The SMILES string of the molecule is CCSc1ccc(C(=O)OC)c(O[C@H](C)[C@H]2CCN(C(=O)OC(C)(C)C)C2)c1. The fourth-order valence-electron chi connectivity index (χ4n) is 3.09. The summed E-state index contributed by atoms with van der Waals surface area (Å²) in [6.45, 7) is 10.9. The van der Waals surface area contributed by atoms with Crippen molar-refractivity contribution >= 4 is 23.8 Å². The van der Waals surface area contributed by atoms with E-state index < -0.39 is 11.6 Å². The van der Waals surface area contributed by atoms with Gasteiger partial charge in [-0.25, -0.2) is 9.59 Å². The molecule has 156 valence electrons. The van der Waals surface area contributed by atoms with Crippen LogP contribution in [0.25, 0.3) is 0 Å². The molecule has 1 aliphatic heterocycles. The Morgan fingerprint density at radius 2 is 2.04 bits per heavy atom. The van der Waals surface area contributed by atoms with Crippen molar-refractivity contribution in [1.82, 2.24) is 4.90 Å². The molecule has 1 fully saturated rings. The molecule has 1 saturated heterocycles. The van der Waals surface area contributed by atoms with Crippen LogP contribution in [-0.2, 0) is 9.47 Å². The third kappa shape index (κ3) is 6.06. The zero-order valence-corrected chi connectivity index (χ0v) is 18.4. The first-order valence-corrected chi connectivity index (χ1v) is 10.6. The van der Waals surface area contributed by atoms with Crippen LogP contribution in [0.4, 0.5) is 4.79 Å². The standard InChI is InChI=1S/C21H31NO5S/c1-7-28-16-8-9-17(19(23)25-6)18(12-16)26-14(2)15-10-11-22(13-15)20(24)27-21(3,4)5/h8-9,12,14-15H,7,10-11,13H2,1-6H3/t14-,15+/m1/s1. The Balaban J connectivity index is 2.08.